The molecule has 0 aliphatic rings. The first-order chi connectivity index (χ1) is 6.02. The molecule has 0 aliphatic heterocycles. The van der Waals surface area contributed by atoms with E-state index < -0.39 is 6.10 Å². The fourth-order valence-corrected chi connectivity index (χ4v) is 1.60. The Balaban J connectivity index is 2.81. The van der Waals surface area contributed by atoms with Gasteiger partial charge >= 0.3 is 0 Å². The van der Waals surface area contributed by atoms with Gasteiger partial charge in [0.15, 0.2) is 0 Å². The molecule has 0 saturated carbocycles. The lowest BCUT2D eigenvalue weighted by atomic mass is 9.80. The van der Waals surface area contributed by atoms with Crippen LogP contribution in [0.4, 0.5) is 0 Å². The van der Waals surface area contributed by atoms with Gasteiger partial charge in [0.1, 0.15) is 0 Å². The summed E-state index contributed by atoms with van der Waals surface area (Å²) in [5.74, 6) is 0. The molecule has 1 rings (SSSR count). The fourth-order valence-electron chi connectivity index (χ4n) is 1.60. The van der Waals surface area contributed by atoms with E-state index in [0.29, 0.717) is 6.42 Å². The minimum Gasteiger partial charge on any atom is -0.393 e. The molecule has 0 bridgehead atoms. The van der Waals surface area contributed by atoms with E-state index in [1.807, 2.05) is 18.2 Å². The number of aliphatic hydroxyl groups is 1. The van der Waals surface area contributed by atoms with Crippen LogP contribution in [0.5, 0.6) is 0 Å². The van der Waals surface area contributed by atoms with Crippen LogP contribution >= 0.6 is 0 Å². The predicted molar refractivity (Wildman–Crippen MR) is 55.4 cm³/mol. The van der Waals surface area contributed by atoms with Crippen molar-refractivity contribution in [1.29, 1.82) is 0 Å². The quantitative estimate of drug-likeness (QED) is 0.752. The molecule has 0 aliphatic carbocycles. The molecule has 0 aromatic heterocycles. The fraction of sp³-hybridized carbons (Fsp3) is 0.417. The number of benzene rings is 1. The summed E-state index contributed by atoms with van der Waals surface area (Å²) in [6, 6.07) is 10.2. The monoisotopic (exact) mass is 177 g/mol. The van der Waals surface area contributed by atoms with Crippen molar-refractivity contribution in [2.45, 2.75) is 31.8 Å². The zero-order chi connectivity index (χ0) is 9.90. The van der Waals surface area contributed by atoms with Gasteiger partial charge in [-0.15, -0.1) is 0 Å². The van der Waals surface area contributed by atoms with Crippen molar-refractivity contribution >= 4 is 0 Å². The molecule has 0 heterocycles. The van der Waals surface area contributed by atoms with Crippen molar-refractivity contribution in [3.63, 3.8) is 0 Å². The van der Waals surface area contributed by atoms with E-state index in [4.69, 9.17) is 0 Å². The van der Waals surface area contributed by atoms with Crippen molar-refractivity contribution in [2.24, 2.45) is 0 Å². The molecule has 1 atom stereocenters. The maximum atomic E-state index is 9.24. The summed E-state index contributed by atoms with van der Waals surface area (Å²) in [6.45, 7) is 7.85. The second-order valence-electron chi connectivity index (χ2n) is 4.11. The molecule has 13 heavy (non-hydrogen) atoms. The highest BCUT2D eigenvalue weighted by Gasteiger charge is 2.21. The van der Waals surface area contributed by atoms with E-state index in [2.05, 4.69) is 32.9 Å². The standard InChI is InChI=1S/C12H17O/c1-10(13)9-12(2,3)11-7-5-4-6-8-11/h4-8,10,13H,1,9H2,2-3H3. The van der Waals surface area contributed by atoms with Crippen LogP contribution in [0.3, 0.4) is 0 Å². The maximum Gasteiger partial charge on any atom is 0.0549 e. The normalized spacial score (nSPS) is 14.2. The Morgan fingerprint density at radius 3 is 2.31 bits per heavy atom. The van der Waals surface area contributed by atoms with Gasteiger partial charge < -0.3 is 5.11 Å². The van der Waals surface area contributed by atoms with Crippen LogP contribution in [0.2, 0.25) is 0 Å². The molecular weight excluding hydrogens is 160 g/mol. The van der Waals surface area contributed by atoms with E-state index in [1.54, 1.807) is 0 Å². The van der Waals surface area contributed by atoms with Gasteiger partial charge in [0.25, 0.3) is 0 Å². The van der Waals surface area contributed by atoms with E-state index in [-0.39, 0.29) is 5.41 Å². The topological polar surface area (TPSA) is 20.2 Å². The molecular formula is C12H17O. The molecule has 1 heteroatoms. The number of hydrogen-bond acceptors (Lipinski definition) is 1. The Kier molecular flexibility index (Phi) is 3.10. The molecule has 71 valence electrons. The second-order valence-corrected chi connectivity index (χ2v) is 4.11. The molecule has 1 N–H and O–H groups in total. The van der Waals surface area contributed by atoms with Gasteiger partial charge in [-0.2, -0.15) is 0 Å². The van der Waals surface area contributed by atoms with E-state index in [1.165, 1.54) is 5.56 Å². The van der Waals surface area contributed by atoms with Crippen molar-refractivity contribution in [2.75, 3.05) is 0 Å². The van der Waals surface area contributed by atoms with Crippen molar-refractivity contribution in [1.82, 2.24) is 0 Å². The largest absolute Gasteiger partial charge is 0.393 e. The number of rotatable bonds is 3. The predicted octanol–water partition coefficient (Wildman–Crippen LogP) is 2.55. The van der Waals surface area contributed by atoms with Gasteiger partial charge in [-0.1, -0.05) is 44.2 Å². The summed E-state index contributed by atoms with van der Waals surface area (Å²) >= 11 is 0. The summed E-state index contributed by atoms with van der Waals surface area (Å²) in [6.07, 6.45) is 0.201. The van der Waals surface area contributed by atoms with Crippen molar-refractivity contribution in [3.05, 3.63) is 42.8 Å². The zero-order valence-corrected chi connectivity index (χ0v) is 8.33. The Morgan fingerprint density at radius 2 is 1.85 bits per heavy atom. The minimum absolute atomic E-state index is 0.00241. The Morgan fingerprint density at radius 1 is 1.31 bits per heavy atom. The van der Waals surface area contributed by atoms with Crippen LogP contribution in [-0.2, 0) is 5.41 Å². The lowest BCUT2D eigenvalue weighted by Crippen LogP contribution is -2.22. The summed E-state index contributed by atoms with van der Waals surface area (Å²) in [5, 5.41) is 9.24. The van der Waals surface area contributed by atoms with Crippen LogP contribution in [-0.4, -0.2) is 11.2 Å². The van der Waals surface area contributed by atoms with Gasteiger partial charge in [-0.05, 0) is 24.3 Å². The second kappa shape index (κ2) is 3.93. The van der Waals surface area contributed by atoms with Gasteiger partial charge in [0.05, 0.1) is 6.10 Å². The smallest absolute Gasteiger partial charge is 0.0549 e. The van der Waals surface area contributed by atoms with Crippen LogP contribution in [0.1, 0.15) is 25.8 Å². The molecule has 1 nitrogen and oxygen atoms in total. The molecule has 0 amide bonds. The van der Waals surface area contributed by atoms with E-state index >= 15 is 0 Å². The summed E-state index contributed by atoms with van der Waals surface area (Å²) < 4.78 is 0. The summed E-state index contributed by atoms with van der Waals surface area (Å²) in [5.41, 5.74) is 1.25. The Labute approximate surface area is 80.4 Å². The maximum absolute atomic E-state index is 9.24. The molecule has 1 aromatic carbocycles. The van der Waals surface area contributed by atoms with Gasteiger partial charge in [-0.3, -0.25) is 0 Å². The Hall–Kier alpha value is -0.820. The number of hydrogen-bond donors (Lipinski definition) is 1. The van der Waals surface area contributed by atoms with Crippen LogP contribution in [0.25, 0.3) is 0 Å². The molecule has 0 fully saturated rings. The number of aliphatic hydroxyl groups excluding tert-OH is 1. The lowest BCUT2D eigenvalue weighted by Gasteiger charge is -2.26. The highest BCUT2D eigenvalue weighted by atomic mass is 16.3. The summed E-state index contributed by atoms with van der Waals surface area (Å²) in [4.78, 5) is 0. The Bertz CT molecular complexity index is 249. The van der Waals surface area contributed by atoms with Crippen LogP contribution < -0.4 is 0 Å². The van der Waals surface area contributed by atoms with E-state index in [0.717, 1.165) is 0 Å². The summed E-state index contributed by atoms with van der Waals surface area (Å²) in [7, 11) is 0. The average molecular weight is 177 g/mol. The third kappa shape index (κ3) is 2.85. The van der Waals surface area contributed by atoms with Gasteiger partial charge in [0.2, 0.25) is 0 Å². The van der Waals surface area contributed by atoms with Gasteiger partial charge in [-0.25, -0.2) is 0 Å². The highest BCUT2D eigenvalue weighted by Crippen LogP contribution is 2.27. The van der Waals surface area contributed by atoms with Crippen molar-refractivity contribution < 1.29 is 5.11 Å². The first kappa shape index (κ1) is 10.3. The molecule has 1 unspecified atom stereocenters. The lowest BCUT2D eigenvalue weighted by molar-refractivity contribution is 0.180. The van der Waals surface area contributed by atoms with Crippen LogP contribution in [0.15, 0.2) is 30.3 Å². The first-order valence-corrected chi connectivity index (χ1v) is 4.59. The third-order valence-electron chi connectivity index (χ3n) is 2.30. The molecule has 0 saturated heterocycles. The zero-order valence-electron chi connectivity index (χ0n) is 8.33. The highest BCUT2D eigenvalue weighted by molar-refractivity contribution is 5.23. The minimum atomic E-state index is -0.491. The molecule has 0 spiro atoms. The molecule has 1 aromatic rings. The molecule has 1 radical (unpaired) electrons. The SMILES string of the molecule is [CH2]C(O)CC(C)(C)c1ccccc1. The van der Waals surface area contributed by atoms with Gasteiger partial charge in [0, 0.05) is 0 Å². The van der Waals surface area contributed by atoms with Crippen LogP contribution in [0, 0.1) is 6.92 Å². The van der Waals surface area contributed by atoms with Crippen molar-refractivity contribution in [3.8, 4) is 0 Å². The first-order valence-electron chi connectivity index (χ1n) is 4.59. The van der Waals surface area contributed by atoms with E-state index in [9.17, 15) is 5.11 Å². The third-order valence-corrected chi connectivity index (χ3v) is 2.30. The average Bonchev–Trinajstić information content (AvgIpc) is 2.04.